The van der Waals surface area contributed by atoms with Crippen LogP contribution in [0.5, 0.6) is 0 Å². The van der Waals surface area contributed by atoms with E-state index in [1.54, 1.807) is 6.92 Å². The Labute approximate surface area is 117 Å². The smallest absolute Gasteiger partial charge is 0.323 e. The molecule has 1 rings (SSSR count). The van der Waals surface area contributed by atoms with Crippen molar-refractivity contribution < 1.29 is 14.7 Å². The molecule has 0 aliphatic rings. The summed E-state index contributed by atoms with van der Waals surface area (Å²) in [6.07, 6.45) is 0.730. The lowest BCUT2D eigenvalue weighted by Gasteiger charge is -2.19. The molecule has 19 heavy (non-hydrogen) atoms. The van der Waals surface area contributed by atoms with Crippen LogP contribution in [-0.4, -0.2) is 40.0 Å². The maximum atomic E-state index is 12.4. The second kappa shape index (κ2) is 6.65. The maximum Gasteiger partial charge on any atom is 0.323 e. The number of carboxylic acids is 1. The van der Waals surface area contributed by atoms with Crippen LogP contribution in [0.4, 0.5) is 0 Å². The van der Waals surface area contributed by atoms with Crippen molar-refractivity contribution >= 4 is 23.2 Å². The van der Waals surface area contributed by atoms with Crippen molar-refractivity contribution in [2.45, 2.75) is 40.0 Å². The molecule has 1 amide bonds. The highest BCUT2D eigenvalue weighted by Crippen LogP contribution is 2.25. The molecule has 0 saturated carbocycles. The van der Waals surface area contributed by atoms with E-state index >= 15 is 0 Å². The van der Waals surface area contributed by atoms with Crippen LogP contribution in [-0.2, 0) is 4.79 Å². The van der Waals surface area contributed by atoms with Crippen LogP contribution in [0.25, 0.3) is 0 Å². The van der Waals surface area contributed by atoms with Gasteiger partial charge in [-0.25, -0.2) is 4.98 Å². The number of amides is 1. The molecule has 106 valence electrons. The molecule has 1 N–H and O–H groups in total. The Morgan fingerprint density at radius 2 is 2.05 bits per heavy atom. The van der Waals surface area contributed by atoms with Gasteiger partial charge in [-0.1, -0.05) is 20.8 Å². The van der Waals surface area contributed by atoms with Gasteiger partial charge in [0, 0.05) is 12.5 Å². The second-order valence-electron chi connectivity index (χ2n) is 4.74. The van der Waals surface area contributed by atoms with E-state index in [0.717, 1.165) is 11.4 Å². The van der Waals surface area contributed by atoms with Crippen molar-refractivity contribution in [3.05, 3.63) is 15.6 Å². The lowest BCUT2D eigenvalue weighted by atomic mass is 10.2. The molecule has 0 radical (unpaired) electrons. The molecular weight excluding hydrogens is 264 g/mol. The van der Waals surface area contributed by atoms with E-state index in [0.29, 0.717) is 17.1 Å². The molecule has 1 heterocycles. The summed E-state index contributed by atoms with van der Waals surface area (Å²) in [5, 5.41) is 9.77. The predicted octanol–water partition coefficient (Wildman–Crippen LogP) is 2.51. The number of aryl methyl sites for hydroxylation is 1. The van der Waals surface area contributed by atoms with Gasteiger partial charge in [0.2, 0.25) is 0 Å². The standard InChI is InChI=1S/C13H20N2O3S/c1-5-6-15(7-10(16)17)13(18)11-9(4)14-12(19-11)8(2)3/h8H,5-7H2,1-4H3,(H,16,17). The van der Waals surface area contributed by atoms with Crippen LogP contribution in [0, 0.1) is 6.92 Å². The molecule has 0 saturated heterocycles. The zero-order valence-corrected chi connectivity index (χ0v) is 12.6. The molecule has 0 aliphatic heterocycles. The van der Waals surface area contributed by atoms with E-state index in [9.17, 15) is 9.59 Å². The van der Waals surface area contributed by atoms with Gasteiger partial charge in [0.25, 0.3) is 5.91 Å². The zero-order valence-electron chi connectivity index (χ0n) is 11.8. The minimum absolute atomic E-state index is 0.230. The summed E-state index contributed by atoms with van der Waals surface area (Å²) >= 11 is 1.36. The van der Waals surface area contributed by atoms with Gasteiger partial charge >= 0.3 is 5.97 Å². The molecule has 1 aromatic rings. The first kappa shape index (κ1) is 15.6. The van der Waals surface area contributed by atoms with E-state index < -0.39 is 5.97 Å². The van der Waals surface area contributed by atoms with Crippen LogP contribution in [0.3, 0.4) is 0 Å². The van der Waals surface area contributed by atoms with Crippen molar-refractivity contribution in [3.8, 4) is 0 Å². The van der Waals surface area contributed by atoms with Crippen LogP contribution < -0.4 is 0 Å². The molecule has 0 aliphatic carbocycles. The second-order valence-corrected chi connectivity index (χ2v) is 5.77. The fourth-order valence-corrected chi connectivity index (χ4v) is 2.73. The van der Waals surface area contributed by atoms with Crippen molar-refractivity contribution in [2.24, 2.45) is 0 Å². The minimum Gasteiger partial charge on any atom is -0.480 e. The predicted molar refractivity (Wildman–Crippen MR) is 74.8 cm³/mol. The highest BCUT2D eigenvalue weighted by molar-refractivity contribution is 7.13. The Bertz CT molecular complexity index is 468. The van der Waals surface area contributed by atoms with Gasteiger partial charge in [-0.15, -0.1) is 11.3 Å². The molecule has 0 atom stereocenters. The monoisotopic (exact) mass is 284 g/mol. The molecule has 5 nitrogen and oxygen atoms in total. The van der Waals surface area contributed by atoms with Gasteiger partial charge in [0.15, 0.2) is 0 Å². The maximum absolute atomic E-state index is 12.4. The number of carbonyl (C=O) groups is 2. The van der Waals surface area contributed by atoms with Crippen molar-refractivity contribution in [2.75, 3.05) is 13.1 Å². The highest BCUT2D eigenvalue weighted by atomic mass is 32.1. The topological polar surface area (TPSA) is 70.5 Å². The van der Waals surface area contributed by atoms with Gasteiger partial charge in [-0.3, -0.25) is 9.59 Å². The summed E-state index contributed by atoms with van der Waals surface area (Å²) in [5.41, 5.74) is 0.685. The first-order valence-electron chi connectivity index (χ1n) is 6.35. The normalized spacial score (nSPS) is 10.8. The summed E-state index contributed by atoms with van der Waals surface area (Å²) < 4.78 is 0. The largest absolute Gasteiger partial charge is 0.480 e. The van der Waals surface area contributed by atoms with E-state index in [1.807, 2.05) is 20.8 Å². The Morgan fingerprint density at radius 3 is 2.47 bits per heavy atom. The van der Waals surface area contributed by atoms with Crippen LogP contribution in [0.2, 0.25) is 0 Å². The average molecular weight is 284 g/mol. The van der Waals surface area contributed by atoms with Gasteiger partial charge in [0.05, 0.1) is 10.7 Å². The number of carbonyl (C=O) groups excluding carboxylic acids is 1. The van der Waals surface area contributed by atoms with Crippen molar-refractivity contribution in [1.82, 2.24) is 9.88 Å². The number of rotatable bonds is 6. The molecule has 0 aromatic carbocycles. The number of hydrogen-bond donors (Lipinski definition) is 1. The third-order valence-electron chi connectivity index (χ3n) is 2.61. The zero-order chi connectivity index (χ0) is 14.6. The fourth-order valence-electron chi connectivity index (χ4n) is 1.69. The summed E-state index contributed by atoms with van der Waals surface area (Å²) in [5.74, 6) is -0.955. The first-order valence-corrected chi connectivity index (χ1v) is 7.16. The lowest BCUT2D eigenvalue weighted by molar-refractivity contribution is -0.137. The summed E-state index contributed by atoms with van der Waals surface area (Å²) in [6, 6.07) is 0. The van der Waals surface area contributed by atoms with Gasteiger partial charge in [-0.2, -0.15) is 0 Å². The molecular formula is C13H20N2O3S. The fraction of sp³-hybridized carbons (Fsp3) is 0.615. The number of aromatic nitrogens is 1. The van der Waals surface area contributed by atoms with Crippen molar-refractivity contribution in [3.63, 3.8) is 0 Å². The van der Waals surface area contributed by atoms with E-state index in [1.165, 1.54) is 16.2 Å². The Hall–Kier alpha value is -1.43. The molecule has 1 aromatic heterocycles. The minimum atomic E-state index is -0.993. The average Bonchev–Trinajstić information content (AvgIpc) is 2.69. The summed E-state index contributed by atoms with van der Waals surface area (Å²) in [4.78, 5) is 29.5. The summed E-state index contributed by atoms with van der Waals surface area (Å²) in [7, 11) is 0. The third-order valence-corrected chi connectivity index (χ3v) is 4.05. The van der Waals surface area contributed by atoms with E-state index in [2.05, 4.69) is 4.98 Å². The van der Waals surface area contributed by atoms with E-state index in [4.69, 9.17) is 5.11 Å². The van der Waals surface area contributed by atoms with Crippen LogP contribution in [0.15, 0.2) is 0 Å². The first-order chi connectivity index (χ1) is 8.86. The number of hydrogen-bond acceptors (Lipinski definition) is 4. The Kier molecular flexibility index (Phi) is 5.47. The number of aliphatic carboxylic acids is 1. The van der Waals surface area contributed by atoms with Crippen LogP contribution in [0.1, 0.15) is 53.5 Å². The van der Waals surface area contributed by atoms with Gasteiger partial charge < -0.3 is 10.0 Å². The van der Waals surface area contributed by atoms with E-state index in [-0.39, 0.29) is 18.4 Å². The lowest BCUT2D eigenvalue weighted by Crippen LogP contribution is -2.36. The number of carboxylic acid groups (broad SMARTS) is 1. The highest BCUT2D eigenvalue weighted by Gasteiger charge is 2.23. The van der Waals surface area contributed by atoms with Crippen molar-refractivity contribution in [1.29, 1.82) is 0 Å². The molecule has 0 bridgehead atoms. The summed E-state index contributed by atoms with van der Waals surface area (Å²) in [6.45, 7) is 7.93. The molecule has 0 spiro atoms. The molecule has 0 unspecified atom stereocenters. The Balaban J connectivity index is 2.98. The van der Waals surface area contributed by atoms with Gasteiger partial charge in [-0.05, 0) is 13.3 Å². The quantitative estimate of drug-likeness (QED) is 0.871. The third kappa shape index (κ3) is 4.02. The van der Waals surface area contributed by atoms with Gasteiger partial charge in [0.1, 0.15) is 11.4 Å². The Morgan fingerprint density at radius 1 is 1.42 bits per heavy atom. The number of nitrogens with zero attached hydrogens (tertiary/aromatic N) is 2. The molecule has 6 heteroatoms. The van der Waals surface area contributed by atoms with Crippen LogP contribution >= 0.6 is 11.3 Å². The number of thiazole rings is 1. The SMILES string of the molecule is CCCN(CC(=O)O)C(=O)c1sc(C(C)C)nc1C. The molecule has 0 fully saturated rings.